The first-order chi connectivity index (χ1) is 10.6. The first kappa shape index (κ1) is 20.8. The lowest BCUT2D eigenvalue weighted by Gasteiger charge is -2.24. The summed E-state index contributed by atoms with van der Waals surface area (Å²) in [5, 5.41) is 39.7. The van der Waals surface area contributed by atoms with Gasteiger partial charge in [-0.25, -0.2) is 4.79 Å². The number of aliphatic hydroxyl groups excluding tert-OH is 2. The monoisotopic (exact) mass is 335 g/mol. The van der Waals surface area contributed by atoms with Crippen molar-refractivity contribution in [3.63, 3.8) is 0 Å². The van der Waals surface area contributed by atoms with E-state index in [1.807, 2.05) is 5.32 Å². The third kappa shape index (κ3) is 7.54. The van der Waals surface area contributed by atoms with Crippen molar-refractivity contribution >= 4 is 23.8 Å². The number of carbonyl (C=O) groups is 4. The average Bonchev–Trinajstić information content (AvgIpc) is 2.46. The summed E-state index contributed by atoms with van der Waals surface area (Å²) in [6, 6.07) is -4.32. The smallest absolute Gasteiger partial charge is 0.328 e. The fourth-order valence-corrected chi connectivity index (χ4v) is 1.52. The van der Waals surface area contributed by atoms with Crippen LogP contribution >= 0.6 is 0 Å². The lowest BCUT2D eigenvalue weighted by Crippen LogP contribution is -2.58. The van der Waals surface area contributed by atoms with Gasteiger partial charge in [-0.3, -0.25) is 14.4 Å². The second-order valence-electron chi connectivity index (χ2n) is 4.85. The molecule has 23 heavy (non-hydrogen) atoms. The summed E-state index contributed by atoms with van der Waals surface area (Å²) in [5.74, 6) is -4.54. The van der Waals surface area contributed by atoms with E-state index in [4.69, 9.17) is 21.1 Å². The van der Waals surface area contributed by atoms with Gasteiger partial charge in [-0.15, -0.1) is 0 Å². The number of amides is 2. The van der Waals surface area contributed by atoms with E-state index in [0.29, 0.717) is 0 Å². The molecule has 8 N–H and O–H groups in total. The van der Waals surface area contributed by atoms with Gasteiger partial charge in [0.25, 0.3) is 0 Å². The van der Waals surface area contributed by atoms with E-state index in [-0.39, 0.29) is 12.8 Å². The van der Waals surface area contributed by atoms with Crippen molar-refractivity contribution < 1.29 is 39.6 Å². The first-order valence-electron chi connectivity index (χ1n) is 6.70. The third-order valence-electron chi connectivity index (χ3n) is 2.87. The Hall–Kier alpha value is -2.24. The number of aliphatic carboxylic acids is 2. The zero-order valence-electron chi connectivity index (χ0n) is 12.4. The molecule has 11 nitrogen and oxygen atoms in total. The van der Waals surface area contributed by atoms with Crippen molar-refractivity contribution in [3.8, 4) is 0 Å². The zero-order valence-corrected chi connectivity index (χ0v) is 12.4. The molecule has 11 heteroatoms. The van der Waals surface area contributed by atoms with Crippen molar-refractivity contribution in [1.29, 1.82) is 0 Å². The van der Waals surface area contributed by atoms with E-state index in [9.17, 15) is 24.3 Å². The molecule has 0 aliphatic heterocycles. The molecule has 0 aromatic rings. The van der Waals surface area contributed by atoms with Gasteiger partial charge in [0.2, 0.25) is 11.8 Å². The first-order valence-corrected chi connectivity index (χ1v) is 6.70. The minimum Gasteiger partial charge on any atom is -0.481 e. The van der Waals surface area contributed by atoms with E-state index in [2.05, 4.69) is 5.32 Å². The quantitative estimate of drug-likeness (QED) is 0.212. The van der Waals surface area contributed by atoms with Crippen LogP contribution in [0.4, 0.5) is 0 Å². The van der Waals surface area contributed by atoms with Gasteiger partial charge in [-0.05, 0) is 13.3 Å². The fourth-order valence-electron chi connectivity index (χ4n) is 1.52. The highest BCUT2D eigenvalue weighted by Crippen LogP contribution is 1.99. The van der Waals surface area contributed by atoms with Crippen molar-refractivity contribution in [2.45, 2.75) is 44.0 Å². The normalized spacial score (nSPS) is 15.8. The number of carbonyl (C=O) groups excluding carboxylic acids is 2. The average molecular weight is 335 g/mol. The van der Waals surface area contributed by atoms with E-state index < -0.39 is 54.6 Å². The van der Waals surface area contributed by atoms with Crippen LogP contribution < -0.4 is 16.4 Å². The number of nitrogens with one attached hydrogen (secondary N) is 2. The van der Waals surface area contributed by atoms with Gasteiger partial charge in [0, 0.05) is 6.42 Å². The van der Waals surface area contributed by atoms with Crippen molar-refractivity contribution in [2.75, 3.05) is 6.61 Å². The molecule has 0 bridgehead atoms. The van der Waals surface area contributed by atoms with Gasteiger partial charge in [0.1, 0.15) is 12.1 Å². The maximum atomic E-state index is 11.9. The Morgan fingerprint density at radius 3 is 2.04 bits per heavy atom. The molecule has 0 aromatic heterocycles. The summed E-state index contributed by atoms with van der Waals surface area (Å²) in [6.45, 7) is 0.307. The molecule has 0 spiro atoms. The van der Waals surface area contributed by atoms with Crippen LogP contribution in [0.3, 0.4) is 0 Å². The van der Waals surface area contributed by atoms with Gasteiger partial charge in [0.15, 0.2) is 0 Å². The number of hydrogen-bond acceptors (Lipinski definition) is 7. The second-order valence-corrected chi connectivity index (χ2v) is 4.85. The molecular formula is C12H21N3O8. The van der Waals surface area contributed by atoms with E-state index in [0.717, 1.165) is 0 Å². The van der Waals surface area contributed by atoms with Gasteiger partial charge in [0.05, 0.1) is 18.8 Å². The summed E-state index contributed by atoms with van der Waals surface area (Å²) in [6.07, 6.45) is -1.91. The van der Waals surface area contributed by atoms with Gasteiger partial charge < -0.3 is 36.8 Å². The Balaban J connectivity index is 4.79. The predicted molar refractivity (Wildman–Crippen MR) is 75.1 cm³/mol. The molecule has 4 atom stereocenters. The summed E-state index contributed by atoms with van der Waals surface area (Å²) in [4.78, 5) is 44.8. The molecule has 0 aliphatic rings. The van der Waals surface area contributed by atoms with E-state index in [1.165, 1.54) is 6.92 Å². The number of hydrogen-bond donors (Lipinski definition) is 7. The van der Waals surface area contributed by atoms with E-state index >= 15 is 0 Å². The lowest BCUT2D eigenvalue weighted by molar-refractivity contribution is -0.144. The molecular weight excluding hydrogens is 314 g/mol. The summed E-state index contributed by atoms with van der Waals surface area (Å²) >= 11 is 0. The summed E-state index contributed by atoms with van der Waals surface area (Å²) < 4.78 is 0. The number of carboxylic acids is 2. The van der Waals surface area contributed by atoms with Gasteiger partial charge >= 0.3 is 11.9 Å². The zero-order chi connectivity index (χ0) is 18.2. The van der Waals surface area contributed by atoms with Crippen LogP contribution in [-0.4, -0.2) is 75.0 Å². The van der Waals surface area contributed by atoms with Crippen LogP contribution in [0.1, 0.15) is 19.8 Å². The topological polar surface area (TPSA) is 199 Å². The SMILES string of the molecule is C[C@@H](O)[C@H](NC(=O)[C@@H](N)CCC(=O)O)C(=O)N[C@@H](CO)C(=O)O. The summed E-state index contributed by atoms with van der Waals surface area (Å²) in [7, 11) is 0. The van der Waals surface area contributed by atoms with Crippen molar-refractivity contribution in [2.24, 2.45) is 5.73 Å². The number of nitrogens with two attached hydrogens (primary N) is 1. The Morgan fingerprint density at radius 2 is 1.65 bits per heavy atom. The van der Waals surface area contributed by atoms with Crippen LogP contribution in [0.15, 0.2) is 0 Å². The second kappa shape index (κ2) is 9.71. The maximum absolute atomic E-state index is 11.9. The van der Waals surface area contributed by atoms with Crippen molar-refractivity contribution in [3.05, 3.63) is 0 Å². The minimum atomic E-state index is -1.60. The van der Waals surface area contributed by atoms with Crippen LogP contribution in [0.2, 0.25) is 0 Å². The minimum absolute atomic E-state index is 0.177. The molecule has 0 saturated carbocycles. The molecule has 0 unspecified atom stereocenters. The highest BCUT2D eigenvalue weighted by Gasteiger charge is 2.30. The molecule has 132 valence electrons. The number of rotatable bonds is 10. The van der Waals surface area contributed by atoms with Crippen molar-refractivity contribution in [1.82, 2.24) is 10.6 Å². The molecule has 0 rings (SSSR count). The third-order valence-corrected chi connectivity index (χ3v) is 2.87. The Labute approximate surface area is 131 Å². The largest absolute Gasteiger partial charge is 0.481 e. The highest BCUT2D eigenvalue weighted by atomic mass is 16.4. The molecule has 0 aromatic carbocycles. The molecule has 2 amide bonds. The molecule has 0 radical (unpaired) electrons. The van der Waals surface area contributed by atoms with Crippen LogP contribution in [0.25, 0.3) is 0 Å². The molecule has 0 aliphatic carbocycles. The fraction of sp³-hybridized carbons (Fsp3) is 0.667. The van der Waals surface area contributed by atoms with Gasteiger partial charge in [-0.2, -0.15) is 0 Å². The Bertz CT molecular complexity index is 454. The highest BCUT2D eigenvalue weighted by molar-refractivity contribution is 5.92. The summed E-state index contributed by atoms with van der Waals surface area (Å²) in [5.41, 5.74) is 5.47. The maximum Gasteiger partial charge on any atom is 0.328 e. The molecule has 0 fully saturated rings. The Morgan fingerprint density at radius 1 is 1.09 bits per heavy atom. The standard InChI is InChI=1S/C12H21N3O8/c1-5(17)9(11(21)14-7(4-16)12(22)23)15-10(20)6(13)2-3-8(18)19/h5-7,9,16-17H,2-4,13H2,1H3,(H,14,21)(H,15,20)(H,18,19)(H,22,23)/t5-,6+,7+,9+/m1/s1. The van der Waals surface area contributed by atoms with Crippen LogP contribution in [-0.2, 0) is 19.2 Å². The Kier molecular flexibility index (Phi) is 8.77. The number of carboxylic acid groups (broad SMARTS) is 2. The van der Waals surface area contributed by atoms with E-state index in [1.54, 1.807) is 0 Å². The van der Waals surface area contributed by atoms with Gasteiger partial charge in [-0.1, -0.05) is 0 Å². The lowest BCUT2D eigenvalue weighted by atomic mass is 10.1. The number of aliphatic hydroxyl groups is 2. The van der Waals surface area contributed by atoms with Crippen LogP contribution in [0.5, 0.6) is 0 Å². The predicted octanol–water partition coefficient (Wildman–Crippen LogP) is -3.39. The molecule has 0 heterocycles. The molecule has 0 saturated heterocycles. The van der Waals surface area contributed by atoms with Crippen LogP contribution in [0, 0.1) is 0 Å².